The molecule has 0 aliphatic heterocycles. The Morgan fingerprint density at radius 2 is 1.96 bits per heavy atom. The van der Waals surface area contributed by atoms with Crippen molar-refractivity contribution >= 4 is 22.0 Å². The monoisotopic (exact) mass is 386 g/mol. The summed E-state index contributed by atoms with van der Waals surface area (Å²) in [7, 11) is -2.39. The van der Waals surface area contributed by atoms with E-state index in [2.05, 4.69) is 9.71 Å². The second kappa shape index (κ2) is 8.86. The molecular weight excluding hydrogens is 360 g/mol. The van der Waals surface area contributed by atoms with E-state index in [0.717, 1.165) is 5.56 Å². The molecule has 10 heteroatoms. The number of rotatable bonds is 8. The van der Waals surface area contributed by atoms with Crippen molar-refractivity contribution in [1.82, 2.24) is 4.72 Å². The topological polar surface area (TPSA) is 157 Å². The zero-order valence-electron chi connectivity index (χ0n) is 15.4. The molecule has 146 valence electrons. The number of nitrogens with zero attached hydrogens (tertiary/aromatic N) is 1. The van der Waals surface area contributed by atoms with Gasteiger partial charge in [-0.25, -0.2) is 13.1 Å². The maximum absolute atomic E-state index is 12.7. The molecule has 0 radical (unpaired) electrons. The number of nitrogens with one attached hydrogen (secondary N) is 1. The van der Waals surface area contributed by atoms with Crippen molar-refractivity contribution in [2.24, 2.45) is 16.5 Å². The molecule has 26 heavy (non-hydrogen) atoms. The van der Waals surface area contributed by atoms with Crippen LogP contribution < -0.4 is 20.9 Å². The lowest BCUT2D eigenvalue weighted by molar-refractivity contribution is -0.138. The van der Waals surface area contributed by atoms with Gasteiger partial charge in [0.05, 0.1) is 12.0 Å². The van der Waals surface area contributed by atoms with Gasteiger partial charge in [0, 0.05) is 6.54 Å². The van der Waals surface area contributed by atoms with Crippen LogP contribution in [0.5, 0.6) is 5.75 Å². The Balaban J connectivity index is 2.91. The minimum absolute atomic E-state index is 0.127. The predicted molar refractivity (Wildman–Crippen MR) is 98.9 cm³/mol. The number of methoxy groups -OCH3 is 1. The van der Waals surface area contributed by atoms with Crippen LogP contribution in [0.25, 0.3) is 0 Å². The van der Waals surface area contributed by atoms with E-state index < -0.39 is 22.0 Å². The Morgan fingerprint density at radius 1 is 1.35 bits per heavy atom. The highest BCUT2D eigenvalue weighted by Crippen LogP contribution is 2.30. The van der Waals surface area contributed by atoms with Crippen molar-refractivity contribution in [3.8, 4) is 5.75 Å². The highest BCUT2D eigenvalue weighted by Gasteiger charge is 2.23. The van der Waals surface area contributed by atoms with Crippen molar-refractivity contribution in [2.45, 2.75) is 44.6 Å². The van der Waals surface area contributed by atoms with Crippen molar-refractivity contribution in [3.05, 3.63) is 22.8 Å². The number of benzene rings is 1. The molecule has 1 aromatic carbocycles. The maximum Gasteiger partial charge on any atom is 0.320 e. The maximum atomic E-state index is 12.7. The van der Waals surface area contributed by atoms with E-state index in [-0.39, 0.29) is 23.8 Å². The van der Waals surface area contributed by atoms with Crippen molar-refractivity contribution < 1.29 is 23.1 Å². The Labute approximate surface area is 153 Å². The van der Waals surface area contributed by atoms with Gasteiger partial charge in [-0.15, -0.1) is 0 Å². The lowest BCUT2D eigenvalue weighted by Gasteiger charge is -2.16. The number of aliphatic imine (C=N–C) groups is 1. The molecule has 9 nitrogen and oxygen atoms in total. The van der Waals surface area contributed by atoms with Crippen molar-refractivity contribution in [1.29, 1.82) is 0 Å². The molecule has 0 saturated carbocycles. The zero-order chi connectivity index (χ0) is 20.1. The Kier molecular flexibility index (Phi) is 7.40. The highest BCUT2D eigenvalue weighted by atomic mass is 32.2. The normalized spacial score (nSPS) is 13.3. The van der Waals surface area contributed by atoms with E-state index in [1.54, 1.807) is 26.8 Å². The van der Waals surface area contributed by atoms with Crippen LogP contribution in [0.4, 0.5) is 0 Å². The van der Waals surface area contributed by atoms with E-state index in [1.165, 1.54) is 7.11 Å². The lowest BCUT2D eigenvalue weighted by Crippen LogP contribution is -2.37. The molecule has 0 aliphatic rings. The van der Waals surface area contributed by atoms with Crippen molar-refractivity contribution in [2.75, 3.05) is 13.7 Å². The molecule has 0 spiro atoms. The van der Waals surface area contributed by atoms with Gasteiger partial charge in [-0.05, 0) is 56.4 Å². The van der Waals surface area contributed by atoms with Gasteiger partial charge in [0.25, 0.3) is 10.0 Å². The number of carboxylic acids is 1. The van der Waals surface area contributed by atoms with Crippen LogP contribution in [0.15, 0.2) is 16.0 Å². The number of carbonyl (C=O) groups is 1. The lowest BCUT2D eigenvalue weighted by atomic mass is 10.1. The molecule has 1 atom stereocenters. The van der Waals surface area contributed by atoms with E-state index in [4.69, 9.17) is 21.3 Å². The van der Waals surface area contributed by atoms with Crippen LogP contribution in [0, 0.1) is 20.8 Å². The third kappa shape index (κ3) is 5.33. The molecule has 0 aliphatic carbocycles. The molecule has 0 bridgehead atoms. The fraction of sp³-hybridized carbons (Fsp3) is 0.500. The summed E-state index contributed by atoms with van der Waals surface area (Å²) in [5.74, 6) is -0.750. The van der Waals surface area contributed by atoms with E-state index in [1.807, 2.05) is 0 Å². The Hall–Kier alpha value is -2.33. The largest absolute Gasteiger partial charge is 0.496 e. The minimum atomic E-state index is -3.92. The number of aliphatic carboxylic acids is 1. The molecule has 1 rings (SSSR count). The number of carboxylic acid groups (broad SMARTS) is 1. The average molecular weight is 386 g/mol. The molecule has 1 aromatic rings. The fourth-order valence-electron chi connectivity index (χ4n) is 2.50. The summed E-state index contributed by atoms with van der Waals surface area (Å²) in [6, 6.07) is 0.674. The number of guanidine groups is 1. The van der Waals surface area contributed by atoms with Gasteiger partial charge in [-0.3, -0.25) is 9.79 Å². The summed E-state index contributed by atoms with van der Waals surface area (Å²) in [5.41, 5.74) is 12.8. The van der Waals surface area contributed by atoms with Crippen LogP contribution >= 0.6 is 0 Å². The summed E-state index contributed by atoms with van der Waals surface area (Å²) < 4.78 is 32.8. The summed E-state index contributed by atoms with van der Waals surface area (Å²) >= 11 is 0. The van der Waals surface area contributed by atoms with Crippen LogP contribution in [0.2, 0.25) is 0 Å². The quantitative estimate of drug-likeness (QED) is 0.286. The third-order valence-corrected chi connectivity index (χ3v) is 5.62. The van der Waals surface area contributed by atoms with Gasteiger partial charge in [-0.1, -0.05) is 0 Å². The minimum Gasteiger partial charge on any atom is -0.496 e. The van der Waals surface area contributed by atoms with E-state index in [0.29, 0.717) is 23.3 Å². The first-order valence-corrected chi connectivity index (χ1v) is 9.45. The van der Waals surface area contributed by atoms with Gasteiger partial charge in [-0.2, -0.15) is 0 Å². The first-order chi connectivity index (χ1) is 12.0. The molecule has 0 aromatic heterocycles. The molecule has 0 fully saturated rings. The summed E-state index contributed by atoms with van der Waals surface area (Å²) in [6.07, 6.45) is 0.588. The first-order valence-electron chi connectivity index (χ1n) is 7.97. The zero-order valence-corrected chi connectivity index (χ0v) is 16.2. The molecule has 0 saturated heterocycles. The Morgan fingerprint density at radius 3 is 2.50 bits per heavy atom. The number of aryl methyl sites for hydroxylation is 1. The molecule has 0 amide bonds. The number of hydrogen-bond donors (Lipinski definition) is 4. The highest BCUT2D eigenvalue weighted by molar-refractivity contribution is 7.90. The predicted octanol–water partition coefficient (Wildman–Crippen LogP) is 0.406. The smallest absolute Gasteiger partial charge is 0.320 e. The van der Waals surface area contributed by atoms with Gasteiger partial charge in [0.1, 0.15) is 11.8 Å². The average Bonchev–Trinajstić information content (AvgIpc) is 2.53. The fourth-order valence-corrected chi connectivity index (χ4v) is 3.98. The third-order valence-electron chi connectivity index (χ3n) is 3.98. The van der Waals surface area contributed by atoms with E-state index >= 15 is 0 Å². The SMILES string of the molecule is COc1cc(C)c(S(=O)(=O)NC(N)=NCCC[C@H](N)C(=O)O)c(C)c1C. The number of nitrogens with two attached hydrogens (primary N) is 2. The van der Waals surface area contributed by atoms with Crippen LogP contribution in [0.1, 0.15) is 29.5 Å². The summed E-state index contributed by atoms with van der Waals surface area (Å²) in [5, 5.41) is 8.70. The van der Waals surface area contributed by atoms with Crippen LogP contribution in [-0.2, 0) is 14.8 Å². The molecular formula is C16H26N4O5S. The van der Waals surface area contributed by atoms with Crippen LogP contribution in [0.3, 0.4) is 0 Å². The van der Waals surface area contributed by atoms with Crippen LogP contribution in [-0.4, -0.2) is 45.1 Å². The number of sulfonamides is 1. The van der Waals surface area contributed by atoms with E-state index in [9.17, 15) is 13.2 Å². The number of hydrogen-bond acceptors (Lipinski definition) is 6. The van der Waals surface area contributed by atoms with Gasteiger partial charge in [0.15, 0.2) is 0 Å². The molecule has 0 unspecified atom stereocenters. The standard InChI is InChI=1S/C16H26N4O5S/c1-9-8-13(25-4)10(2)11(3)14(9)26(23,24)20-16(18)19-7-5-6-12(17)15(21)22/h8,12H,5-7,17H2,1-4H3,(H,21,22)(H3,18,19,20)/t12-/m0/s1. The summed E-state index contributed by atoms with van der Waals surface area (Å²) in [6.45, 7) is 5.30. The van der Waals surface area contributed by atoms with Gasteiger partial charge in [0.2, 0.25) is 5.96 Å². The molecule has 6 N–H and O–H groups in total. The second-order valence-electron chi connectivity index (χ2n) is 5.93. The first kappa shape index (κ1) is 21.7. The summed E-state index contributed by atoms with van der Waals surface area (Å²) in [4.78, 5) is 14.7. The van der Waals surface area contributed by atoms with Gasteiger partial charge >= 0.3 is 5.97 Å². The number of ether oxygens (including phenoxy) is 1. The van der Waals surface area contributed by atoms with Crippen molar-refractivity contribution in [3.63, 3.8) is 0 Å². The van der Waals surface area contributed by atoms with Gasteiger partial charge < -0.3 is 21.3 Å². The Bertz CT molecular complexity index is 805. The molecule has 0 heterocycles. The second-order valence-corrected chi connectivity index (χ2v) is 7.55.